The van der Waals surface area contributed by atoms with Crippen molar-refractivity contribution < 1.29 is 14.3 Å². The molecule has 2 N–H and O–H groups in total. The van der Waals surface area contributed by atoms with E-state index in [2.05, 4.69) is 0 Å². The van der Waals surface area contributed by atoms with Crippen LogP contribution in [0.15, 0.2) is 35.9 Å². The lowest BCUT2D eigenvalue weighted by molar-refractivity contribution is -0.137. The third-order valence-electron chi connectivity index (χ3n) is 2.65. The van der Waals surface area contributed by atoms with Crippen LogP contribution in [-0.2, 0) is 9.59 Å². The van der Waals surface area contributed by atoms with Crippen molar-refractivity contribution in [3.8, 4) is 5.75 Å². The Kier molecular flexibility index (Phi) is 3.32. The van der Waals surface area contributed by atoms with E-state index < -0.39 is 0 Å². The zero-order valence-electron chi connectivity index (χ0n) is 10.1. The molecule has 1 aliphatic rings. The van der Waals surface area contributed by atoms with E-state index in [-0.39, 0.29) is 25.0 Å². The number of carbonyl (C=O) groups excluding carboxylic acids is 2. The smallest absolute Gasteiger partial charge is 0.256 e. The number of nitrogens with zero attached hydrogens (tertiary/aromatic N) is 1. The average Bonchev–Trinajstić information content (AvgIpc) is 2.58. The molecule has 18 heavy (non-hydrogen) atoms. The van der Waals surface area contributed by atoms with Crippen LogP contribution in [0.5, 0.6) is 5.75 Å². The number of imide groups is 1. The molecule has 1 aromatic carbocycles. The lowest BCUT2D eigenvalue weighted by Crippen LogP contribution is -2.34. The minimum absolute atomic E-state index is 0.246. The number of anilines is 1. The molecule has 94 valence electrons. The fourth-order valence-corrected chi connectivity index (χ4v) is 1.67. The summed E-state index contributed by atoms with van der Waals surface area (Å²) in [6.45, 7) is 2.14. The van der Waals surface area contributed by atoms with Gasteiger partial charge in [0.25, 0.3) is 11.8 Å². The normalized spacial score (nSPS) is 14.9. The number of nitrogens with two attached hydrogens (primary N) is 1. The quantitative estimate of drug-likeness (QED) is 0.634. The monoisotopic (exact) mass is 246 g/mol. The van der Waals surface area contributed by atoms with Gasteiger partial charge in [0.15, 0.2) is 0 Å². The van der Waals surface area contributed by atoms with Crippen molar-refractivity contribution in [1.82, 2.24) is 4.90 Å². The maximum atomic E-state index is 11.6. The van der Waals surface area contributed by atoms with Gasteiger partial charge >= 0.3 is 0 Å². The summed E-state index contributed by atoms with van der Waals surface area (Å²) in [5.41, 5.74) is 6.67. The molecule has 5 nitrogen and oxygen atoms in total. The average molecular weight is 246 g/mol. The fraction of sp³-hybridized carbons (Fsp3) is 0.231. The molecule has 0 atom stereocenters. The molecule has 0 saturated carbocycles. The first-order valence-electron chi connectivity index (χ1n) is 5.60. The fourth-order valence-electron chi connectivity index (χ4n) is 1.67. The minimum Gasteiger partial charge on any atom is -0.492 e. The van der Waals surface area contributed by atoms with Gasteiger partial charge in [0.05, 0.1) is 6.54 Å². The van der Waals surface area contributed by atoms with Crippen LogP contribution in [0, 0.1) is 0 Å². The molecule has 0 fully saturated rings. The Morgan fingerprint density at radius 1 is 1.22 bits per heavy atom. The molecule has 5 heteroatoms. The molecule has 0 aliphatic carbocycles. The number of benzene rings is 1. The van der Waals surface area contributed by atoms with Crippen LogP contribution in [-0.4, -0.2) is 29.9 Å². The Balaban J connectivity index is 1.85. The van der Waals surface area contributed by atoms with E-state index in [1.54, 1.807) is 31.2 Å². The molecular weight excluding hydrogens is 232 g/mol. The van der Waals surface area contributed by atoms with E-state index in [9.17, 15) is 9.59 Å². The molecule has 0 aromatic heterocycles. The van der Waals surface area contributed by atoms with E-state index in [0.717, 1.165) is 0 Å². The van der Waals surface area contributed by atoms with E-state index in [1.807, 2.05) is 0 Å². The van der Waals surface area contributed by atoms with E-state index in [4.69, 9.17) is 10.5 Å². The molecule has 1 aromatic rings. The largest absolute Gasteiger partial charge is 0.492 e. The van der Waals surface area contributed by atoms with Gasteiger partial charge in [-0.25, -0.2) is 0 Å². The van der Waals surface area contributed by atoms with Crippen molar-refractivity contribution in [1.29, 1.82) is 0 Å². The van der Waals surface area contributed by atoms with Crippen molar-refractivity contribution in [2.45, 2.75) is 6.92 Å². The molecule has 2 rings (SSSR count). The highest BCUT2D eigenvalue weighted by Gasteiger charge is 2.27. The Morgan fingerprint density at radius 3 is 2.44 bits per heavy atom. The van der Waals surface area contributed by atoms with Crippen LogP contribution < -0.4 is 10.5 Å². The lowest BCUT2D eigenvalue weighted by Gasteiger charge is -2.14. The predicted octanol–water partition coefficient (Wildman–Crippen LogP) is 0.963. The molecule has 0 radical (unpaired) electrons. The highest BCUT2D eigenvalue weighted by atomic mass is 16.5. The number of nitrogen functional groups attached to an aromatic ring is 1. The SMILES string of the molecule is CC1=CC(=O)N(CCOc2ccc(N)cc2)C1=O. The molecule has 1 aliphatic heterocycles. The van der Waals surface area contributed by atoms with Crippen molar-refractivity contribution in [2.75, 3.05) is 18.9 Å². The molecule has 0 spiro atoms. The number of hydrogen-bond donors (Lipinski definition) is 1. The first kappa shape index (κ1) is 12.2. The van der Waals surface area contributed by atoms with Crippen LogP contribution in [0.3, 0.4) is 0 Å². The molecule has 0 unspecified atom stereocenters. The van der Waals surface area contributed by atoms with Crippen LogP contribution in [0.2, 0.25) is 0 Å². The number of amides is 2. The van der Waals surface area contributed by atoms with Gasteiger partial charge < -0.3 is 10.5 Å². The van der Waals surface area contributed by atoms with Gasteiger partial charge in [0.1, 0.15) is 12.4 Å². The second-order valence-corrected chi connectivity index (χ2v) is 4.04. The van der Waals surface area contributed by atoms with Crippen LogP contribution in [0.4, 0.5) is 5.69 Å². The molecule has 1 heterocycles. The van der Waals surface area contributed by atoms with Crippen LogP contribution in [0.1, 0.15) is 6.92 Å². The third-order valence-corrected chi connectivity index (χ3v) is 2.65. The second kappa shape index (κ2) is 4.91. The Labute approximate surface area is 105 Å². The Hall–Kier alpha value is -2.30. The van der Waals surface area contributed by atoms with Crippen molar-refractivity contribution in [2.24, 2.45) is 0 Å². The van der Waals surface area contributed by atoms with Gasteiger partial charge in [0, 0.05) is 17.3 Å². The predicted molar refractivity (Wildman–Crippen MR) is 66.8 cm³/mol. The van der Waals surface area contributed by atoms with Gasteiger partial charge in [-0.1, -0.05) is 0 Å². The van der Waals surface area contributed by atoms with E-state index >= 15 is 0 Å². The van der Waals surface area contributed by atoms with Crippen LogP contribution in [0.25, 0.3) is 0 Å². The number of ether oxygens (including phenoxy) is 1. The number of carbonyl (C=O) groups is 2. The summed E-state index contributed by atoms with van der Waals surface area (Å²) in [6, 6.07) is 6.94. The maximum absolute atomic E-state index is 11.6. The molecule has 0 saturated heterocycles. The van der Waals surface area contributed by atoms with Gasteiger partial charge in [-0.3, -0.25) is 14.5 Å². The first-order valence-corrected chi connectivity index (χ1v) is 5.60. The summed E-state index contributed by atoms with van der Waals surface area (Å²) < 4.78 is 5.43. The first-order chi connectivity index (χ1) is 8.58. The summed E-state index contributed by atoms with van der Waals surface area (Å²) in [4.78, 5) is 24.2. The molecule has 0 bridgehead atoms. The van der Waals surface area contributed by atoms with Crippen LogP contribution >= 0.6 is 0 Å². The summed E-state index contributed by atoms with van der Waals surface area (Å²) in [6.07, 6.45) is 1.34. The van der Waals surface area contributed by atoms with Gasteiger partial charge in [-0.2, -0.15) is 0 Å². The highest BCUT2D eigenvalue weighted by Crippen LogP contribution is 2.14. The van der Waals surface area contributed by atoms with Crippen molar-refractivity contribution in [3.63, 3.8) is 0 Å². The maximum Gasteiger partial charge on any atom is 0.256 e. The van der Waals surface area contributed by atoms with Crippen molar-refractivity contribution >= 4 is 17.5 Å². The van der Waals surface area contributed by atoms with Crippen molar-refractivity contribution in [3.05, 3.63) is 35.9 Å². The second-order valence-electron chi connectivity index (χ2n) is 4.04. The molecule has 2 amide bonds. The van der Waals surface area contributed by atoms with Gasteiger partial charge in [-0.05, 0) is 31.2 Å². The van der Waals surface area contributed by atoms with Gasteiger partial charge in [-0.15, -0.1) is 0 Å². The zero-order chi connectivity index (χ0) is 13.1. The third kappa shape index (κ3) is 2.51. The lowest BCUT2D eigenvalue weighted by atomic mass is 10.3. The Morgan fingerprint density at radius 2 is 1.89 bits per heavy atom. The summed E-state index contributed by atoms with van der Waals surface area (Å²) in [7, 11) is 0. The van der Waals surface area contributed by atoms with E-state index in [1.165, 1.54) is 11.0 Å². The Bertz CT molecular complexity index is 505. The number of hydrogen-bond acceptors (Lipinski definition) is 4. The minimum atomic E-state index is -0.279. The summed E-state index contributed by atoms with van der Waals surface area (Å²) in [5, 5.41) is 0. The summed E-state index contributed by atoms with van der Waals surface area (Å²) >= 11 is 0. The standard InChI is InChI=1S/C13H14N2O3/c1-9-8-12(16)15(13(9)17)6-7-18-11-4-2-10(14)3-5-11/h2-5,8H,6-7,14H2,1H3. The topological polar surface area (TPSA) is 72.6 Å². The molecular formula is C13H14N2O3. The summed E-state index contributed by atoms with van der Waals surface area (Å²) in [5.74, 6) is 0.132. The van der Waals surface area contributed by atoms with E-state index in [0.29, 0.717) is 17.0 Å². The number of rotatable bonds is 4. The van der Waals surface area contributed by atoms with Gasteiger partial charge in [0.2, 0.25) is 0 Å². The zero-order valence-corrected chi connectivity index (χ0v) is 10.1. The highest BCUT2D eigenvalue weighted by molar-refractivity contribution is 6.15.